The molecule has 4 aromatic rings. The second kappa shape index (κ2) is 11.4. The van der Waals surface area contributed by atoms with Crippen LogP contribution in [0.15, 0.2) is 53.3 Å². The first-order valence-corrected chi connectivity index (χ1v) is 13.3. The number of hydrogen-bond donors (Lipinski definition) is 1. The predicted molar refractivity (Wildman–Crippen MR) is 144 cm³/mol. The van der Waals surface area contributed by atoms with Gasteiger partial charge in [-0.3, -0.25) is 9.69 Å². The topological polar surface area (TPSA) is 88.9 Å². The molecule has 0 bridgehead atoms. The SMILES string of the molecule is CC[C@H](c1nnnn1CCc1ccccc1)N(Cc1cc2ccc(C)c(C)c2[nH]c1=O)C[C@@H]1CCCO1. The first-order chi connectivity index (χ1) is 18.0. The first-order valence-electron chi connectivity index (χ1n) is 13.3. The molecule has 0 amide bonds. The largest absolute Gasteiger partial charge is 0.377 e. The molecular weight excluding hydrogens is 464 g/mol. The standard InChI is InChI=1S/C29H36N6O2/c1-4-26(28-31-32-33-35(28)15-14-22-9-6-5-7-10-22)34(19-25-11-8-16-37-25)18-24-17-23-13-12-20(2)21(3)27(23)30-29(24)36/h5-7,9-10,12-13,17,25-26H,4,8,11,14-16,18-19H2,1-3H3,(H,30,36)/t25-,26+/m0/s1. The van der Waals surface area contributed by atoms with E-state index in [2.05, 4.69) is 82.6 Å². The highest BCUT2D eigenvalue weighted by Gasteiger charge is 2.29. The van der Waals surface area contributed by atoms with Gasteiger partial charge in [0.25, 0.3) is 5.56 Å². The lowest BCUT2D eigenvalue weighted by molar-refractivity contribution is 0.0488. The monoisotopic (exact) mass is 500 g/mol. The van der Waals surface area contributed by atoms with E-state index in [1.54, 1.807) is 0 Å². The zero-order valence-electron chi connectivity index (χ0n) is 22.0. The maximum Gasteiger partial charge on any atom is 0.252 e. The summed E-state index contributed by atoms with van der Waals surface area (Å²) in [5.74, 6) is 0.833. The Morgan fingerprint density at radius 3 is 2.78 bits per heavy atom. The molecule has 5 rings (SSSR count). The fourth-order valence-corrected chi connectivity index (χ4v) is 5.35. The highest BCUT2D eigenvalue weighted by Crippen LogP contribution is 2.27. The van der Waals surface area contributed by atoms with Crippen molar-refractivity contribution in [3.63, 3.8) is 0 Å². The summed E-state index contributed by atoms with van der Waals surface area (Å²) in [7, 11) is 0. The van der Waals surface area contributed by atoms with E-state index in [9.17, 15) is 4.79 Å². The van der Waals surface area contributed by atoms with E-state index in [0.29, 0.717) is 13.1 Å². The van der Waals surface area contributed by atoms with Gasteiger partial charge in [0.2, 0.25) is 0 Å². The van der Waals surface area contributed by atoms with Gasteiger partial charge in [-0.2, -0.15) is 0 Å². The fraction of sp³-hybridized carbons (Fsp3) is 0.448. The van der Waals surface area contributed by atoms with Crippen molar-refractivity contribution in [2.45, 2.75) is 71.7 Å². The van der Waals surface area contributed by atoms with Gasteiger partial charge in [-0.25, -0.2) is 4.68 Å². The second-order valence-electron chi connectivity index (χ2n) is 10.1. The molecule has 3 heterocycles. The van der Waals surface area contributed by atoms with Crippen LogP contribution >= 0.6 is 0 Å². The molecule has 8 heteroatoms. The molecule has 0 aliphatic carbocycles. The first kappa shape index (κ1) is 25.3. The predicted octanol–water partition coefficient (Wildman–Crippen LogP) is 4.51. The van der Waals surface area contributed by atoms with Crippen molar-refractivity contribution in [1.82, 2.24) is 30.1 Å². The van der Waals surface area contributed by atoms with Crippen molar-refractivity contribution in [2.24, 2.45) is 0 Å². The van der Waals surface area contributed by atoms with Crippen LogP contribution in [0, 0.1) is 13.8 Å². The lowest BCUT2D eigenvalue weighted by Gasteiger charge is -2.32. The van der Waals surface area contributed by atoms with Crippen LogP contribution in [-0.4, -0.2) is 49.3 Å². The summed E-state index contributed by atoms with van der Waals surface area (Å²) in [5, 5.41) is 13.9. The number of aromatic nitrogens is 5. The molecule has 2 aromatic carbocycles. The Bertz CT molecular complexity index is 1390. The number of aromatic amines is 1. The van der Waals surface area contributed by atoms with Crippen molar-refractivity contribution in [3.8, 4) is 0 Å². The van der Waals surface area contributed by atoms with Gasteiger partial charge in [-0.1, -0.05) is 49.4 Å². The summed E-state index contributed by atoms with van der Waals surface area (Å²) in [6, 6.07) is 16.6. The second-order valence-corrected chi connectivity index (χ2v) is 10.1. The third-order valence-electron chi connectivity index (χ3n) is 7.60. The molecule has 2 atom stereocenters. The number of nitrogens with zero attached hydrogens (tertiary/aromatic N) is 5. The Kier molecular flexibility index (Phi) is 7.76. The number of ether oxygens (including phenoxy) is 1. The normalized spacial score (nSPS) is 16.6. The molecule has 2 aromatic heterocycles. The van der Waals surface area contributed by atoms with E-state index < -0.39 is 0 Å². The average Bonchev–Trinajstić information content (AvgIpc) is 3.59. The minimum atomic E-state index is -0.0444. The molecule has 1 N–H and O–H groups in total. The van der Waals surface area contributed by atoms with E-state index >= 15 is 0 Å². The van der Waals surface area contributed by atoms with Gasteiger partial charge < -0.3 is 9.72 Å². The van der Waals surface area contributed by atoms with Crippen LogP contribution in [0.2, 0.25) is 0 Å². The smallest absolute Gasteiger partial charge is 0.252 e. The maximum atomic E-state index is 13.2. The summed E-state index contributed by atoms with van der Waals surface area (Å²) in [5.41, 5.74) is 5.15. The highest BCUT2D eigenvalue weighted by molar-refractivity contribution is 5.83. The molecule has 1 saturated heterocycles. The van der Waals surface area contributed by atoms with Crippen molar-refractivity contribution in [2.75, 3.05) is 13.2 Å². The Morgan fingerprint density at radius 2 is 2.03 bits per heavy atom. The Balaban J connectivity index is 1.45. The summed E-state index contributed by atoms with van der Waals surface area (Å²) >= 11 is 0. The van der Waals surface area contributed by atoms with Crippen molar-refractivity contribution in [3.05, 3.63) is 87.0 Å². The van der Waals surface area contributed by atoms with Crippen LogP contribution in [0.1, 0.15) is 60.3 Å². The molecule has 0 radical (unpaired) electrons. The summed E-state index contributed by atoms with van der Waals surface area (Å²) < 4.78 is 7.93. The van der Waals surface area contributed by atoms with Crippen molar-refractivity contribution >= 4 is 10.9 Å². The number of rotatable bonds is 10. The Morgan fingerprint density at radius 1 is 1.19 bits per heavy atom. The number of tetrazole rings is 1. The number of pyridine rings is 1. The number of benzene rings is 2. The molecule has 194 valence electrons. The third-order valence-corrected chi connectivity index (χ3v) is 7.60. The molecular formula is C29H36N6O2. The summed E-state index contributed by atoms with van der Waals surface area (Å²) in [6.45, 7) is 9.00. The van der Waals surface area contributed by atoms with Crippen LogP contribution < -0.4 is 5.56 Å². The van der Waals surface area contributed by atoms with E-state index in [-0.39, 0.29) is 17.7 Å². The van der Waals surface area contributed by atoms with Gasteiger partial charge in [0, 0.05) is 31.8 Å². The maximum absolute atomic E-state index is 13.2. The van der Waals surface area contributed by atoms with Gasteiger partial charge in [-0.05, 0) is 78.1 Å². The lowest BCUT2D eigenvalue weighted by atomic mass is 10.0. The van der Waals surface area contributed by atoms with E-state index in [0.717, 1.165) is 66.7 Å². The number of fused-ring (bicyclic) bond motifs is 1. The minimum absolute atomic E-state index is 0.0372. The number of nitrogens with one attached hydrogen (secondary N) is 1. The Hall–Kier alpha value is -3.36. The van der Waals surface area contributed by atoms with Crippen LogP contribution in [0.25, 0.3) is 10.9 Å². The van der Waals surface area contributed by atoms with Gasteiger partial charge in [-0.15, -0.1) is 5.10 Å². The number of hydrogen-bond acceptors (Lipinski definition) is 6. The van der Waals surface area contributed by atoms with Gasteiger partial charge >= 0.3 is 0 Å². The minimum Gasteiger partial charge on any atom is -0.377 e. The molecule has 0 unspecified atom stereocenters. The molecule has 1 aliphatic rings. The van der Waals surface area contributed by atoms with Gasteiger partial charge in [0.05, 0.1) is 17.7 Å². The van der Waals surface area contributed by atoms with Crippen LogP contribution in [0.4, 0.5) is 0 Å². The average molecular weight is 501 g/mol. The van der Waals surface area contributed by atoms with E-state index in [1.165, 1.54) is 11.1 Å². The highest BCUT2D eigenvalue weighted by atomic mass is 16.5. The molecule has 0 spiro atoms. The van der Waals surface area contributed by atoms with Crippen LogP contribution in [-0.2, 0) is 24.2 Å². The van der Waals surface area contributed by atoms with Crippen molar-refractivity contribution < 1.29 is 4.74 Å². The molecule has 8 nitrogen and oxygen atoms in total. The van der Waals surface area contributed by atoms with Gasteiger partial charge in [0.1, 0.15) is 0 Å². The lowest BCUT2D eigenvalue weighted by Crippen LogP contribution is -2.37. The van der Waals surface area contributed by atoms with E-state index in [1.807, 2.05) is 16.8 Å². The zero-order chi connectivity index (χ0) is 25.8. The quantitative estimate of drug-likeness (QED) is 0.345. The molecule has 37 heavy (non-hydrogen) atoms. The third kappa shape index (κ3) is 5.65. The number of H-pyrrole nitrogens is 1. The molecule has 0 saturated carbocycles. The zero-order valence-corrected chi connectivity index (χ0v) is 22.0. The molecule has 1 fully saturated rings. The Labute approximate surface area is 217 Å². The van der Waals surface area contributed by atoms with Gasteiger partial charge in [0.15, 0.2) is 5.82 Å². The number of aryl methyl sites for hydroxylation is 4. The molecule has 1 aliphatic heterocycles. The van der Waals surface area contributed by atoms with Crippen molar-refractivity contribution in [1.29, 1.82) is 0 Å². The summed E-state index contributed by atoms with van der Waals surface area (Å²) in [6.07, 6.45) is 3.91. The fourth-order valence-electron chi connectivity index (χ4n) is 5.35. The van der Waals surface area contributed by atoms with Crippen LogP contribution in [0.5, 0.6) is 0 Å². The van der Waals surface area contributed by atoms with E-state index in [4.69, 9.17) is 4.74 Å². The van der Waals surface area contributed by atoms with Crippen LogP contribution in [0.3, 0.4) is 0 Å². The summed E-state index contributed by atoms with van der Waals surface area (Å²) in [4.78, 5) is 18.7.